The largest absolute Gasteiger partial charge is 0.293 e. The second-order valence-electron chi connectivity index (χ2n) is 19.1. The maximum absolute atomic E-state index is 17.8. The molecule has 8 aromatic rings. The summed E-state index contributed by atoms with van der Waals surface area (Å²) in [5, 5.41) is 0. The zero-order valence-corrected chi connectivity index (χ0v) is 38.6. The van der Waals surface area contributed by atoms with Gasteiger partial charge >= 0.3 is 0 Å². The fourth-order valence-corrected chi connectivity index (χ4v) is 12.6. The minimum absolute atomic E-state index is 0.136. The Morgan fingerprint density at radius 1 is 0.294 bits per heavy atom. The summed E-state index contributed by atoms with van der Waals surface area (Å²) in [7, 11) is 0. The van der Waals surface area contributed by atoms with Crippen molar-refractivity contribution in [2.45, 2.75) is 62.2 Å². The number of carbonyl (C=O) groups excluding carboxylic acids is 1. The van der Waals surface area contributed by atoms with Gasteiger partial charge in [0.15, 0.2) is 5.78 Å². The minimum atomic E-state index is -0.598. The van der Waals surface area contributed by atoms with E-state index >= 15 is 4.79 Å². The topological polar surface area (TPSA) is 30.0 Å². The molecule has 12 rings (SSSR count). The Hall–Kier alpha value is -6.73. The van der Waals surface area contributed by atoms with Crippen LogP contribution in [0.3, 0.4) is 0 Å². The molecule has 5 heteroatoms. The maximum atomic E-state index is 17.8. The molecule has 68 heavy (non-hydrogen) atoms. The van der Waals surface area contributed by atoms with Gasteiger partial charge in [0.1, 0.15) is 12.3 Å². The smallest absolute Gasteiger partial charge is 0.196 e. The number of ketones is 1. The van der Waals surface area contributed by atoms with E-state index in [0.29, 0.717) is 0 Å². The highest BCUT2D eigenvalue weighted by atomic mass is 16.1. The summed E-state index contributed by atoms with van der Waals surface area (Å²) < 4.78 is 0. The van der Waals surface area contributed by atoms with Gasteiger partial charge in [0, 0.05) is 26.2 Å². The Labute approximate surface area is 401 Å². The van der Waals surface area contributed by atoms with Crippen molar-refractivity contribution in [1.82, 2.24) is 19.6 Å². The molecule has 0 amide bonds. The molecule has 5 nitrogen and oxygen atoms in total. The fraction of sp³-hybridized carbons (Fsp3) is 0.222. The Morgan fingerprint density at radius 2 is 0.500 bits per heavy atom. The van der Waals surface area contributed by atoms with Crippen molar-refractivity contribution in [3.8, 4) is 0 Å². The molecule has 0 radical (unpaired) electrons. The molecule has 8 aromatic carbocycles. The normalized spacial score (nSPS) is 20.9. The van der Waals surface area contributed by atoms with Crippen molar-refractivity contribution in [2.24, 2.45) is 0 Å². The predicted molar refractivity (Wildman–Crippen MR) is 273 cm³/mol. The predicted octanol–water partition coefficient (Wildman–Crippen LogP) is 11.8. The van der Waals surface area contributed by atoms with Crippen LogP contribution in [0.15, 0.2) is 218 Å². The Kier molecular flexibility index (Phi) is 11.7. The highest BCUT2D eigenvalue weighted by molar-refractivity contribution is 5.89. The van der Waals surface area contributed by atoms with Gasteiger partial charge in [0.25, 0.3) is 0 Å². The first kappa shape index (κ1) is 42.6. The summed E-state index contributed by atoms with van der Waals surface area (Å²) in [6.07, 6.45) is 2.26. The van der Waals surface area contributed by atoms with E-state index in [1.165, 1.54) is 66.8 Å². The van der Waals surface area contributed by atoms with Crippen LogP contribution >= 0.6 is 0 Å². The van der Waals surface area contributed by atoms with Crippen LogP contribution in [0.4, 0.5) is 0 Å². The standard InChI is InChI=1S/C63H58N4O/c68-61(62(64-41-37-45-21-13-17-33-53(45)57(64)49-25-5-1-6-26-49)65-42-38-46-22-14-18-34-54(46)58(65)50-27-7-2-8-28-50)63(66-43-39-47-23-15-19-35-55(47)59(66)51-29-9-3-10-30-51)67-44-40-48-24-16-20-36-56(48)60(67)52-31-11-4-12-32-52/h1-36,57-60,62-63H,37-44H2/t57-,58-,59-,60-/m0/s1. The zero-order valence-electron chi connectivity index (χ0n) is 38.6. The van der Waals surface area contributed by atoms with Gasteiger partial charge in [0.2, 0.25) is 0 Å². The summed E-state index contributed by atoms with van der Waals surface area (Å²) in [5.74, 6) is 0.242. The molecule has 0 bridgehead atoms. The van der Waals surface area contributed by atoms with Gasteiger partial charge in [-0.1, -0.05) is 218 Å². The van der Waals surface area contributed by atoms with E-state index in [1.807, 2.05) is 0 Å². The average molecular weight is 887 g/mol. The van der Waals surface area contributed by atoms with E-state index in [9.17, 15) is 0 Å². The Balaban J connectivity index is 1.12. The molecule has 0 spiro atoms. The number of nitrogens with zero attached hydrogens (tertiary/aromatic N) is 4. The number of carbonyl (C=O) groups is 1. The van der Waals surface area contributed by atoms with Gasteiger partial charge in [0.05, 0.1) is 24.2 Å². The third-order valence-corrected chi connectivity index (χ3v) is 15.5. The number of hydrogen-bond acceptors (Lipinski definition) is 5. The van der Waals surface area contributed by atoms with Crippen LogP contribution in [-0.2, 0) is 30.5 Å². The monoisotopic (exact) mass is 886 g/mol. The number of benzene rings is 8. The molecular formula is C63H58N4O. The summed E-state index contributed by atoms with van der Waals surface area (Å²) in [5.41, 5.74) is 15.4. The van der Waals surface area contributed by atoms with Crippen LogP contribution in [0.25, 0.3) is 0 Å². The van der Waals surface area contributed by atoms with Crippen LogP contribution < -0.4 is 0 Å². The third kappa shape index (κ3) is 7.74. The lowest BCUT2D eigenvalue weighted by Crippen LogP contribution is -2.67. The lowest BCUT2D eigenvalue weighted by atomic mass is 9.83. The SMILES string of the molecule is O=C(C(N1CCc2ccccc2[C@@H]1c1ccccc1)N1CCc2ccccc2[C@@H]1c1ccccc1)C(N1CCc2ccccc2[C@@H]1c1ccccc1)N1CCc2ccccc2[C@@H]1c1ccccc1. The first-order valence-electron chi connectivity index (χ1n) is 24.8. The highest BCUT2D eigenvalue weighted by Gasteiger charge is 2.51. The van der Waals surface area contributed by atoms with Crippen LogP contribution in [0, 0.1) is 0 Å². The van der Waals surface area contributed by atoms with Crippen molar-refractivity contribution in [3.63, 3.8) is 0 Å². The summed E-state index contributed by atoms with van der Waals surface area (Å²) in [4.78, 5) is 28.3. The molecule has 4 aliphatic heterocycles. The summed E-state index contributed by atoms with van der Waals surface area (Å²) in [6, 6.07) is 79.4. The quantitative estimate of drug-likeness (QED) is 0.137. The molecule has 0 aromatic heterocycles. The number of hydrogen-bond donors (Lipinski definition) is 0. The summed E-state index contributed by atoms with van der Waals surface area (Å²) in [6.45, 7) is 2.98. The summed E-state index contributed by atoms with van der Waals surface area (Å²) >= 11 is 0. The lowest BCUT2D eigenvalue weighted by Gasteiger charge is -2.54. The second-order valence-corrected chi connectivity index (χ2v) is 19.1. The van der Waals surface area contributed by atoms with E-state index < -0.39 is 12.3 Å². The van der Waals surface area contributed by atoms with Gasteiger partial charge in [-0.05, 0) is 92.4 Å². The Morgan fingerprint density at radius 3 is 0.735 bits per heavy atom. The van der Waals surface area contributed by atoms with Crippen molar-refractivity contribution in [3.05, 3.63) is 285 Å². The van der Waals surface area contributed by atoms with Crippen molar-refractivity contribution < 1.29 is 4.79 Å². The molecule has 0 saturated carbocycles. The lowest BCUT2D eigenvalue weighted by molar-refractivity contribution is -0.152. The van der Waals surface area contributed by atoms with Crippen molar-refractivity contribution in [2.75, 3.05) is 26.2 Å². The van der Waals surface area contributed by atoms with Crippen LogP contribution in [0.5, 0.6) is 0 Å². The Bertz CT molecular complexity index is 2610. The molecule has 0 fully saturated rings. The fourth-order valence-electron chi connectivity index (χ4n) is 12.6. The van der Waals surface area contributed by atoms with Crippen molar-refractivity contribution >= 4 is 5.78 Å². The molecule has 0 unspecified atom stereocenters. The third-order valence-electron chi connectivity index (χ3n) is 15.5. The zero-order chi connectivity index (χ0) is 45.4. The molecule has 4 aliphatic rings. The highest BCUT2D eigenvalue weighted by Crippen LogP contribution is 2.47. The molecule has 0 saturated heterocycles. The van der Waals surface area contributed by atoms with Gasteiger partial charge in [-0.3, -0.25) is 24.4 Å². The first-order valence-corrected chi connectivity index (χ1v) is 24.8. The van der Waals surface area contributed by atoms with E-state index in [4.69, 9.17) is 0 Å². The first-order chi connectivity index (χ1) is 33.7. The minimum Gasteiger partial charge on any atom is -0.293 e. The van der Waals surface area contributed by atoms with Gasteiger partial charge in [-0.2, -0.15) is 0 Å². The molecular weight excluding hydrogens is 829 g/mol. The van der Waals surface area contributed by atoms with Gasteiger partial charge in [-0.25, -0.2) is 0 Å². The van der Waals surface area contributed by atoms with Crippen LogP contribution in [-0.4, -0.2) is 63.9 Å². The number of Topliss-reactive ketones (excluding diaryl/α,β-unsaturated/α-hetero) is 1. The molecule has 4 heterocycles. The van der Waals surface area contributed by atoms with E-state index in [-0.39, 0.29) is 30.0 Å². The van der Waals surface area contributed by atoms with E-state index in [1.54, 1.807) is 0 Å². The molecule has 336 valence electrons. The van der Waals surface area contributed by atoms with E-state index in [0.717, 1.165) is 51.9 Å². The van der Waals surface area contributed by atoms with Crippen LogP contribution in [0.2, 0.25) is 0 Å². The molecule has 0 N–H and O–H groups in total. The maximum Gasteiger partial charge on any atom is 0.196 e. The average Bonchev–Trinajstić information content (AvgIpc) is 3.41. The van der Waals surface area contributed by atoms with E-state index in [2.05, 4.69) is 238 Å². The number of rotatable bonds is 10. The second kappa shape index (κ2) is 18.7. The van der Waals surface area contributed by atoms with Gasteiger partial charge < -0.3 is 0 Å². The molecule has 0 aliphatic carbocycles. The van der Waals surface area contributed by atoms with Gasteiger partial charge in [-0.15, -0.1) is 0 Å². The van der Waals surface area contributed by atoms with Crippen molar-refractivity contribution in [1.29, 1.82) is 0 Å². The number of fused-ring (bicyclic) bond motifs is 4. The molecule has 4 atom stereocenters. The van der Waals surface area contributed by atoms with Crippen LogP contribution in [0.1, 0.15) is 90.9 Å².